The Kier molecular flexibility index (Phi) is 8.11. The van der Waals surface area contributed by atoms with Crippen molar-refractivity contribution in [1.29, 1.82) is 0 Å². The first-order chi connectivity index (χ1) is 17.6. The third-order valence-electron chi connectivity index (χ3n) is 5.68. The average molecular weight is 537 g/mol. The molecule has 1 heterocycles. The number of benzene rings is 3. The van der Waals surface area contributed by atoms with E-state index in [0.29, 0.717) is 23.4 Å². The summed E-state index contributed by atoms with van der Waals surface area (Å²) in [5, 5.41) is 1.69. The molecule has 0 amide bonds. The Morgan fingerprint density at radius 3 is 2.32 bits per heavy atom. The highest BCUT2D eigenvalue weighted by Gasteiger charge is 2.26. The minimum absolute atomic E-state index is 0.218. The first kappa shape index (κ1) is 27.0. The van der Waals surface area contributed by atoms with Gasteiger partial charge in [0.2, 0.25) is 15.0 Å². The molecule has 0 aliphatic carbocycles. The molecule has 0 saturated carbocycles. The molecule has 0 aliphatic heterocycles. The van der Waals surface area contributed by atoms with Gasteiger partial charge in [0, 0.05) is 22.9 Å². The van der Waals surface area contributed by atoms with Crippen LogP contribution in [0.1, 0.15) is 61.6 Å². The van der Waals surface area contributed by atoms with Crippen LogP contribution in [0.3, 0.4) is 0 Å². The number of unbranched alkanes of at least 4 members (excludes halogenated alkanes) is 1. The second-order valence-corrected chi connectivity index (χ2v) is 12.6. The summed E-state index contributed by atoms with van der Waals surface area (Å²) in [6.07, 6.45) is 2.26. The van der Waals surface area contributed by atoms with Gasteiger partial charge in [-0.1, -0.05) is 74.0 Å². The van der Waals surface area contributed by atoms with E-state index in [0.717, 1.165) is 39.9 Å². The van der Waals surface area contributed by atoms with Crippen LogP contribution in [0.2, 0.25) is 0 Å². The lowest BCUT2D eigenvalue weighted by Gasteiger charge is -2.21. The van der Waals surface area contributed by atoms with Gasteiger partial charge in [-0.25, -0.2) is 22.9 Å². The Morgan fingerprint density at radius 2 is 1.65 bits per heavy atom. The van der Waals surface area contributed by atoms with Crippen molar-refractivity contribution in [1.82, 2.24) is 9.71 Å². The Morgan fingerprint density at radius 1 is 0.973 bits per heavy atom. The van der Waals surface area contributed by atoms with E-state index in [1.807, 2.05) is 88.4 Å². The molecule has 0 saturated heterocycles. The summed E-state index contributed by atoms with van der Waals surface area (Å²) in [4.78, 5) is 18.5. The number of carbonyl (C=O) groups excluding carboxylic acids is 1. The molecule has 0 spiro atoms. The topological polar surface area (TPSA) is 85.4 Å². The van der Waals surface area contributed by atoms with E-state index in [4.69, 9.17) is 9.72 Å². The standard InChI is InChI=1S/C29H32N2O4S2/c1-5-6-18-35-28(32)27-30-24(19-20-12-8-7-9-13-20)26(36-27)23-16-17-25(22-15-11-10-14-21(22)23)37(33,34)31-29(2,3)4/h7-17,31H,5-6,18-19H2,1-4H3. The third-order valence-corrected chi connectivity index (χ3v) is 8.60. The van der Waals surface area contributed by atoms with Crippen molar-refractivity contribution in [2.24, 2.45) is 0 Å². The normalized spacial score (nSPS) is 12.1. The SMILES string of the molecule is CCCCOC(=O)c1nc(Cc2ccccc2)c(-c2ccc(S(=O)(=O)NC(C)(C)C)c3ccccc23)s1. The van der Waals surface area contributed by atoms with Gasteiger partial charge in [-0.2, -0.15) is 0 Å². The molecule has 37 heavy (non-hydrogen) atoms. The molecular formula is C29H32N2O4S2. The van der Waals surface area contributed by atoms with Gasteiger partial charge in [0.25, 0.3) is 0 Å². The molecular weight excluding hydrogens is 504 g/mol. The highest BCUT2D eigenvalue weighted by molar-refractivity contribution is 7.89. The number of thiazole rings is 1. The zero-order valence-corrected chi connectivity index (χ0v) is 23.2. The number of fused-ring (bicyclic) bond motifs is 1. The molecule has 3 aromatic carbocycles. The smallest absolute Gasteiger partial charge is 0.367 e. The Hall–Kier alpha value is -3.07. The van der Waals surface area contributed by atoms with Gasteiger partial charge in [-0.05, 0) is 44.2 Å². The second-order valence-electron chi connectivity index (χ2n) is 9.96. The van der Waals surface area contributed by atoms with Crippen LogP contribution >= 0.6 is 11.3 Å². The van der Waals surface area contributed by atoms with E-state index in [1.165, 1.54) is 11.3 Å². The minimum atomic E-state index is -3.76. The maximum absolute atomic E-state index is 13.3. The minimum Gasteiger partial charge on any atom is -0.460 e. The van der Waals surface area contributed by atoms with Crippen LogP contribution in [0, 0.1) is 0 Å². The number of hydrogen-bond donors (Lipinski definition) is 1. The number of ether oxygens (including phenoxy) is 1. The first-order valence-electron chi connectivity index (χ1n) is 12.4. The van der Waals surface area contributed by atoms with Crippen LogP contribution < -0.4 is 4.72 Å². The maximum Gasteiger partial charge on any atom is 0.367 e. The molecule has 1 N–H and O–H groups in total. The fourth-order valence-corrected chi connectivity index (χ4v) is 6.74. The monoisotopic (exact) mass is 536 g/mol. The van der Waals surface area contributed by atoms with Gasteiger partial charge < -0.3 is 4.74 Å². The van der Waals surface area contributed by atoms with E-state index < -0.39 is 21.5 Å². The molecule has 0 fully saturated rings. The molecule has 0 atom stereocenters. The fourth-order valence-electron chi connectivity index (χ4n) is 4.09. The van der Waals surface area contributed by atoms with Crippen LogP contribution in [0.4, 0.5) is 0 Å². The Balaban J connectivity index is 1.85. The molecule has 8 heteroatoms. The lowest BCUT2D eigenvalue weighted by atomic mass is 10.0. The van der Waals surface area contributed by atoms with Gasteiger partial charge >= 0.3 is 5.97 Å². The summed E-state index contributed by atoms with van der Waals surface area (Å²) >= 11 is 1.29. The maximum atomic E-state index is 13.3. The fraction of sp³-hybridized carbons (Fsp3) is 0.310. The molecule has 0 radical (unpaired) electrons. The molecule has 0 unspecified atom stereocenters. The summed E-state index contributed by atoms with van der Waals surface area (Å²) < 4.78 is 34.7. The summed E-state index contributed by atoms with van der Waals surface area (Å²) in [7, 11) is -3.76. The molecule has 4 aromatic rings. The highest BCUT2D eigenvalue weighted by atomic mass is 32.2. The van der Waals surface area contributed by atoms with Crippen molar-refractivity contribution in [3.05, 3.63) is 83.0 Å². The molecule has 194 valence electrons. The van der Waals surface area contributed by atoms with E-state index in [1.54, 1.807) is 6.07 Å². The quantitative estimate of drug-likeness (QED) is 0.193. The third kappa shape index (κ3) is 6.44. The van der Waals surface area contributed by atoms with E-state index in [-0.39, 0.29) is 4.90 Å². The number of nitrogens with one attached hydrogen (secondary N) is 1. The lowest BCUT2D eigenvalue weighted by molar-refractivity contribution is 0.0499. The van der Waals surface area contributed by atoms with Crippen molar-refractivity contribution in [2.75, 3.05) is 6.61 Å². The van der Waals surface area contributed by atoms with Crippen molar-refractivity contribution in [3.8, 4) is 10.4 Å². The van der Waals surface area contributed by atoms with Gasteiger partial charge in [0.1, 0.15) is 0 Å². The average Bonchev–Trinajstić information content (AvgIpc) is 3.26. The van der Waals surface area contributed by atoms with Crippen LogP contribution in [-0.2, 0) is 21.2 Å². The van der Waals surface area contributed by atoms with E-state index in [2.05, 4.69) is 4.72 Å². The Labute approximate surface area is 222 Å². The number of carbonyl (C=O) groups is 1. The zero-order chi connectivity index (χ0) is 26.6. The van der Waals surface area contributed by atoms with E-state index >= 15 is 0 Å². The van der Waals surface area contributed by atoms with Gasteiger partial charge in [-0.3, -0.25) is 0 Å². The Bertz CT molecular complexity index is 1500. The van der Waals surface area contributed by atoms with Crippen molar-refractivity contribution in [2.45, 2.75) is 57.4 Å². The zero-order valence-electron chi connectivity index (χ0n) is 21.6. The van der Waals surface area contributed by atoms with Crippen molar-refractivity contribution in [3.63, 3.8) is 0 Å². The molecule has 1 aromatic heterocycles. The molecule has 0 bridgehead atoms. The number of rotatable bonds is 9. The van der Waals surface area contributed by atoms with Crippen LogP contribution in [0.25, 0.3) is 21.2 Å². The lowest BCUT2D eigenvalue weighted by Crippen LogP contribution is -2.40. The van der Waals surface area contributed by atoms with Gasteiger partial charge in [-0.15, -0.1) is 11.3 Å². The molecule has 6 nitrogen and oxygen atoms in total. The van der Waals surface area contributed by atoms with Gasteiger partial charge in [0.15, 0.2) is 0 Å². The van der Waals surface area contributed by atoms with Gasteiger partial charge in [0.05, 0.1) is 22.1 Å². The number of nitrogens with zero attached hydrogens (tertiary/aromatic N) is 1. The number of esters is 1. The molecule has 4 rings (SSSR count). The van der Waals surface area contributed by atoms with Crippen LogP contribution in [0.5, 0.6) is 0 Å². The summed E-state index contributed by atoms with van der Waals surface area (Å²) in [6, 6.07) is 20.8. The van der Waals surface area contributed by atoms with E-state index in [9.17, 15) is 13.2 Å². The number of sulfonamides is 1. The summed E-state index contributed by atoms with van der Waals surface area (Å²) in [5.41, 5.74) is 2.04. The molecule has 0 aliphatic rings. The van der Waals surface area contributed by atoms with Crippen molar-refractivity contribution < 1.29 is 17.9 Å². The van der Waals surface area contributed by atoms with Crippen LogP contribution in [0.15, 0.2) is 71.6 Å². The first-order valence-corrected chi connectivity index (χ1v) is 14.7. The number of aromatic nitrogens is 1. The predicted molar refractivity (Wildman–Crippen MR) is 150 cm³/mol. The summed E-state index contributed by atoms with van der Waals surface area (Å²) in [5.74, 6) is -0.433. The van der Waals surface area contributed by atoms with Crippen molar-refractivity contribution >= 4 is 38.1 Å². The van der Waals surface area contributed by atoms with Crippen LogP contribution in [-0.4, -0.2) is 31.5 Å². The second kappa shape index (κ2) is 11.1. The summed E-state index contributed by atoms with van der Waals surface area (Å²) in [6.45, 7) is 7.84. The highest BCUT2D eigenvalue weighted by Crippen LogP contribution is 2.39. The number of hydrogen-bond acceptors (Lipinski definition) is 6. The largest absolute Gasteiger partial charge is 0.460 e. The predicted octanol–water partition coefficient (Wildman–Crippen LogP) is 6.59.